The third kappa shape index (κ3) is 10.1. The van der Waals surface area contributed by atoms with Gasteiger partial charge in [-0.05, 0) is 36.1 Å². The lowest BCUT2D eigenvalue weighted by Crippen LogP contribution is -2.43. The second-order valence-electron chi connectivity index (χ2n) is 7.01. The Bertz CT molecular complexity index is 949. The highest BCUT2D eigenvalue weighted by Gasteiger charge is 2.08. The van der Waals surface area contributed by atoms with Gasteiger partial charge in [0.25, 0.3) is 0 Å². The van der Waals surface area contributed by atoms with E-state index in [9.17, 15) is 13.2 Å². The van der Waals surface area contributed by atoms with Crippen LogP contribution in [0.3, 0.4) is 0 Å². The summed E-state index contributed by atoms with van der Waals surface area (Å²) in [5.41, 5.74) is 2.09. The summed E-state index contributed by atoms with van der Waals surface area (Å²) in [4.78, 5) is 17.9. The Morgan fingerprint density at radius 1 is 1.00 bits per heavy atom. The van der Waals surface area contributed by atoms with Crippen LogP contribution in [0.15, 0.2) is 64.5 Å². The molecule has 0 atom stereocenters. The molecule has 2 aromatic carbocycles. The molecule has 0 heterocycles. The SMILES string of the molecule is CN(C)C(=O)CNC(=NCc1ccc(S(N)(=O)=O)cc1)NCCCc1ccccc1.I. The molecule has 2 aromatic rings. The topological polar surface area (TPSA) is 117 Å². The van der Waals surface area contributed by atoms with E-state index in [1.165, 1.54) is 22.6 Å². The Balaban J connectivity index is 0.00000480. The van der Waals surface area contributed by atoms with E-state index in [0.717, 1.165) is 18.4 Å². The molecule has 0 aliphatic rings. The number of hydrogen-bond donors (Lipinski definition) is 3. The number of nitrogens with one attached hydrogen (secondary N) is 2. The molecule has 0 aliphatic heterocycles. The Labute approximate surface area is 201 Å². The van der Waals surface area contributed by atoms with Crippen LogP contribution in [0.25, 0.3) is 0 Å². The number of aliphatic imine (C=N–C) groups is 1. The minimum atomic E-state index is -3.72. The van der Waals surface area contributed by atoms with Crippen LogP contribution in [-0.4, -0.2) is 52.4 Å². The van der Waals surface area contributed by atoms with E-state index in [4.69, 9.17) is 5.14 Å². The minimum Gasteiger partial charge on any atom is -0.356 e. The van der Waals surface area contributed by atoms with Crippen molar-refractivity contribution in [1.82, 2.24) is 15.5 Å². The van der Waals surface area contributed by atoms with Crippen LogP contribution in [0.1, 0.15) is 17.5 Å². The largest absolute Gasteiger partial charge is 0.356 e. The maximum absolute atomic E-state index is 11.9. The zero-order valence-electron chi connectivity index (χ0n) is 17.7. The van der Waals surface area contributed by atoms with Gasteiger partial charge in [-0.25, -0.2) is 18.5 Å². The van der Waals surface area contributed by atoms with Crippen molar-refractivity contribution in [3.05, 3.63) is 65.7 Å². The van der Waals surface area contributed by atoms with E-state index >= 15 is 0 Å². The van der Waals surface area contributed by atoms with Crippen LogP contribution in [0, 0.1) is 0 Å². The van der Waals surface area contributed by atoms with E-state index in [-0.39, 0.29) is 41.3 Å². The summed E-state index contributed by atoms with van der Waals surface area (Å²) in [7, 11) is -0.326. The number of primary sulfonamides is 1. The Kier molecular flexibility index (Phi) is 11.5. The molecule has 0 aromatic heterocycles. The predicted molar refractivity (Wildman–Crippen MR) is 134 cm³/mol. The average Bonchev–Trinajstić information content (AvgIpc) is 2.72. The first kappa shape index (κ1) is 26.9. The van der Waals surface area contributed by atoms with Crippen molar-refractivity contribution in [3.8, 4) is 0 Å². The first-order valence-electron chi connectivity index (χ1n) is 9.63. The highest BCUT2D eigenvalue weighted by Crippen LogP contribution is 2.09. The van der Waals surface area contributed by atoms with Crippen LogP contribution < -0.4 is 15.8 Å². The molecular formula is C21H30IN5O3S. The van der Waals surface area contributed by atoms with Crippen molar-refractivity contribution in [2.45, 2.75) is 24.3 Å². The number of carbonyl (C=O) groups excluding carboxylic acids is 1. The number of likely N-dealkylation sites (N-methyl/N-ethyl adjacent to an activating group) is 1. The van der Waals surface area contributed by atoms with Crippen LogP contribution in [0.4, 0.5) is 0 Å². The number of guanidine groups is 1. The van der Waals surface area contributed by atoms with Gasteiger partial charge in [0.2, 0.25) is 15.9 Å². The number of nitrogens with two attached hydrogens (primary N) is 1. The summed E-state index contributed by atoms with van der Waals surface area (Å²) in [5, 5.41) is 11.4. The van der Waals surface area contributed by atoms with E-state index < -0.39 is 10.0 Å². The number of carbonyl (C=O) groups is 1. The molecule has 0 radical (unpaired) electrons. The molecule has 0 bridgehead atoms. The molecule has 4 N–H and O–H groups in total. The smallest absolute Gasteiger partial charge is 0.241 e. The van der Waals surface area contributed by atoms with Gasteiger partial charge in [0.15, 0.2) is 5.96 Å². The molecule has 2 rings (SSSR count). The van der Waals surface area contributed by atoms with E-state index in [0.29, 0.717) is 19.0 Å². The second kappa shape index (κ2) is 13.3. The van der Waals surface area contributed by atoms with Gasteiger partial charge in [0.1, 0.15) is 0 Å². The number of hydrogen-bond acceptors (Lipinski definition) is 4. The zero-order chi connectivity index (χ0) is 22.0. The predicted octanol–water partition coefficient (Wildman–Crippen LogP) is 1.71. The molecule has 31 heavy (non-hydrogen) atoms. The van der Waals surface area contributed by atoms with Gasteiger partial charge in [0, 0.05) is 20.6 Å². The summed E-state index contributed by atoms with van der Waals surface area (Å²) in [6, 6.07) is 16.5. The Hall–Kier alpha value is -2.18. The molecular weight excluding hydrogens is 529 g/mol. The fourth-order valence-electron chi connectivity index (χ4n) is 2.59. The third-order valence-corrected chi connectivity index (χ3v) is 5.28. The van der Waals surface area contributed by atoms with Crippen LogP contribution in [0.2, 0.25) is 0 Å². The van der Waals surface area contributed by atoms with Crippen molar-refractivity contribution in [2.24, 2.45) is 10.1 Å². The summed E-state index contributed by atoms with van der Waals surface area (Å²) in [6.45, 7) is 1.15. The lowest BCUT2D eigenvalue weighted by Gasteiger charge is -2.15. The third-order valence-electron chi connectivity index (χ3n) is 4.35. The van der Waals surface area contributed by atoms with Gasteiger partial charge < -0.3 is 15.5 Å². The Morgan fingerprint density at radius 2 is 1.65 bits per heavy atom. The van der Waals surface area contributed by atoms with Crippen LogP contribution in [-0.2, 0) is 27.8 Å². The van der Waals surface area contributed by atoms with Crippen LogP contribution in [0.5, 0.6) is 0 Å². The fraction of sp³-hybridized carbons (Fsp3) is 0.333. The molecule has 0 saturated heterocycles. The van der Waals surface area contributed by atoms with Crippen molar-refractivity contribution in [1.29, 1.82) is 0 Å². The maximum atomic E-state index is 11.9. The second-order valence-corrected chi connectivity index (χ2v) is 8.57. The van der Waals surface area contributed by atoms with Crippen LogP contribution >= 0.6 is 24.0 Å². The van der Waals surface area contributed by atoms with Gasteiger partial charge in [-0.2, -0.15) is 0 Å². The summed E-state index contributed by atoms with van der Waals surface area (Å²) < 4.78 is 22.7. The lowest BCUT2D eigenvalue weighted by atomic mass is 10.1. The minimum absolute atomic E-state index is 0. The standard InChI is InChI=1S/C21H29N5O3S.HI/c1-26(2)20(27)16-25-21(23-14-6-9-17-7-4-3-5-8-17)24-15-18-10-12-19(13-11-18)30(22,28)29;/h3-5,7-8,10-13H,6,9,14-16H2,1-2H3,(H2,22,28,29)(H2,23,24,25);1H. The number of nitrogens with zero attached hydrogens (tertiary/aromatic N) is 2. The maximum Gasteiger partial charge on any atom is 0.241 e. The first-order valence-corrected chi connectivity index (χ1v) is 11.2. The number of sulfonamides is 1. The van der Waals surface area contributed by atoms with Gasteiger partial charge in [-0.15, -0.1) is 24.0 Å². The molecule has 0 saturated carbocycles. The van der Waals surface area contributed by atoms with Gasteiger partial charge >= 0.3 is 0 Å². The van der Waals surface area contributed by atoms with E-state index in [1.807, 2.05) is 18.2 Å². The highest BCUT2D eigenvalue weighted by molar-refractivity contribution is 14.0. The van der Waals surface area contributed by atoms with Gasteiger partial charge in [0.05, 0.1) is 18.0 Å². The molecule has 0 unspecified atom stereocenters. The molecule has 0 aliphatic carbocycles. The molecule has 8 nitrogen and oxygen atoms in total. The Morgan fingerprint density at radius 3 is 2.23 bits per heavy atom. The van der Waals surface area contributed by atoms with E-state index in [2.05, 4.69) is 27.8 Å². The zero-order valence-corrected chi connectivity index (χ0v) is 20.9. The molecule has 0 fully saturated rings. The number of amides is 1. The van der Waals surface area contributed by atoms with Crippen molar-refractivity contribution in [2.75, 3.05) is 27.2 Å². The van der Waals surface area contributed by atoms with Crippen molar-refractivity contribution < 1.29 is 13.2 Å². The lowest BCUT2D eigenvalue weighted by molar-refractivity contribution is -0.127. The molecule has 10 heteroatoms. The summed E-state index contributed by atoms with van der Waals surface area (Å²) in [6.07, 6.45) is 1.85. The van der Waals surface area contributed by atoms with Crippen molar-refractivity contribution in [3.63, 3.8) is 0 Å². The fourth-order valence-corrected chi connectivity index (χ4v) is 3.11. The van der Waals surface area contributed by atoms with Gasteiger partial charge in [-0.3, -0.25) is 4.79 Å². The normalized spacial score (nSPS) is 11.4. The number of halogens is 1. The monoisotopic (exact) mass is 559 g/mol. The van der Waals surface area contributed by atoms with Gasteiger partial charge in [-0.1, -0.05) is 42.5 Å². The highest BCUT2D eigenvalue weighted by atomic mass is 127. The summed E-state index contributed by atoms with van der Waals surface area (Å²) >= 11 is 0. The molecule has 0 spiro atoms. The number of aryl methyl sites for hydroxylation is 1. The molecule has 1 amide bonds. The number of rotatable bonds is 9. The van der Waals surface area contributed by atoms with E-state index in [1.54, 1.807) is 26.2 Å². The average molecular weight is 559 g/mol. The first-order chi connectivity index (χ1) is 14.3. The quantitative estimate of drug-likeness (QED) is 0.187. The van der Waals surface area contributed by atoms with Crippen molar-refractivity contribution >= 4 is 45.9 Å². The number of benzene rings is 2. The summed E-state index contributed by atoms with van der Waals surface area (Å²) in [5.74, 6) is 0.458. The molecule has 170 valence electrons.